The summed E-state index contributed by atoms with van der Waals surface area (Å²) in [6, 6.07) is 8.80. The fourth-order valence-electron chi connectivity index (χ4n) is 2.84. The minimum Gasteiger partial charge on any atom is -0.339 e. The van der Waals surface area contributed by atoms with Gasteiger partial charge in [-0.2, -0.15) is 4.98 Å². The molecule has 0 radical (unpaired) electrons. The molecule has 3 rings (SSSR count). The predicted octanol–water partition coefficient (Wildman–Crippen LogP) is 1.87. The van der Waals surface area contributed by atoms with Crippen molar-refractivity contribution in [1.29, 1.82) is 0 Å². The number of hydrogen-bond acceptors (Lipinski definition) is 6. The Morgan fingerprint density at radius 3 is 2.75 bits per heavy atom. The van der Waals surface area contributed by atoms with Gasteiger partial charge in [0.15, 0.2) is 5.82 Å². The Kier molecular flexibility index (Phi) is 4.66. The van der Waals surface area contributed by atoms with Gasteiger partial charge in [0, 0.05) is 19.3 Å². The summed E-state index contributed by atoms with van der Waals surface area (Å²) in [5, 5.41) is 3.77. The molecule has 1 amide bonds. The van der Waals surface area contributed by atoms with Crippen LogP contribution in [0.4, 0.5) is 0 Å². The standard InChI is InChI=1S/C16H19N3O4S/c1-2-14-17-15(23-18-14)8-9-16(20)19-13(10-11-24(19,21)22)12-6-4-3-5-7-12/h3-7,13H,2,8-11H2,1H3. The van der Waals surface area contributed by atoms with Gasteiger partial charge in [0.05, 0.1) is 11.8 Å². The quantitative estimate of drug-likeness (QED) is 0.818. The molecule has 2 heterocycles. The molecule has 1 saturated heterocycles. The van der Waals surface area contributed by atoms with E-state index in [2.05, 4.69) is 10.1 Å². The second kappa shape index (κ2) is 6.72. The molecule has 1 unspecified atom stereocenters. The van der Waals surface area contributed by atoms with Crippen molar-refractivity contribution in [3.63, 3.8) is 0 Å². The number of carbonyl (C=O) groups excluding carboxylic acids is 1. The molecule has 128 valence electrons. The van der Waals surface area contributed by atoms with Gasteiger partial charge in [-0.3, -0.25) is 4.79 Å². The van der Waals surface area contributed by atoms with E-state index in [0.29, 0.717) is 24.6 Å². The van der Waals surface area contributed by atoms with E-state index in [1.54, 1.807) is 0 Å². The zero-order valence-corrected chi connectivity index (χ0v) is 14.2. The lowest BCUT2D eigenvalue weighted by Crippen LogP contribution is -2.34. The van der Waals surface area contributed by atoms with Crippen LogP contribution in [-0.4, -0.2) is 34.5 Å². The largest absolute Gasteiger partial charge is 0.339 e. The van der Waals surface area contributed by atoms with Crippen molar-refractivity contribution >= 4 is 15.9 Å². The molecule has 7 nitrogen and oxygen atoms in total. The molecule has 24 heavy (non-hydrogen) atoms. The third-order valence-corrected chi connectivity index (χ3v) is 5.85. The molecular weight excluding hydrogens is 330 g/mol. The van der Waals surface area contributed by atoms with Gasteiger partial charge in [-0.1, -0.05) is 42.4 Å². The van der Waals surface area contributed by atoms with Crippen molar-refractivity contribution in [1.82, 2.24) is 14.4 Å². The fourth-order valence-corrected chi connectivity index (χ4v) is 4.57. The minimum atomic E-state index is -3.57. The molecular formula is C16H19N3O4S. The van der Waals surface area contributed by atoms with Crippen molar-refractivity contribution in [2.24, 2.45) is 0 Å². The third kappa shape index (κ3) is 3.33. The lowest BCUT2D eigenvalue weighted by molar-refractivity contribution is -0.127. The number of nitrogens with zero attached hydrogens (tertiary/aromatic N) is 3. The van der Waals surface area contributed by atoms with E-state index < -0.39 is 22.0 Å². The molecule has 0 saturated carbocycles. The van der Waals surface area contributed by atoms with E-state index in [1.165, 1.54) is 0 Å². The highest BCUT2D eigenvalue weighted by Crippen LogP contribution is 2.34. The van der Waals surface area contributed by atoms with Crippen molar-refractivity contribution in [3.8, 4) is 0 Å². The van der Waals surface area contributed by atoms with E-state index in [0.717, 1.165) is 9.87 Å². The summed E-state index contributed by atoms with van der Waals surface area (Å²) in [6.45, 7) is 1.90. The van der Waals surface area contributed by atoms with Crippen LogP contribution in [0.25, 0.3) is 0 Å². The molecule has 2 aromatic rings. The normalized spacial score (nSPS) is 19.5. The SMILES string of the molecule is CCc1noc(CCC(=O)N2C(c3ccccc3)CCS2(=O)=O)n1. The van der Waals surface area contributed by atoms with Crippen LogP contribution < -0.4 is 0 Å². The molecule has 0 bridgehead atoms. The Hall–Kier alpha value is -2.22. The van der Waals surface area contributed by atoms with Crippen LogP contribution >= 0.6 is 0 Å². The van der Waals surface area contributed by atoms with Gasteiger partial charge >= 0.3 is 0 Å². The first-order valence-corrected chi connectivity index (χ1v) is 9.53. The summed E-state index contributed by atoms with van der Waals surface area (Å²) >= 11 is 0. The Bertz CT molecular complexity index is 817. The summed E-state index contributed by atoms with van der Waals surface area (Å²) in [7, 11) is -3.57. The second-order valence-corrected chi connectivity index (χ2v) is 7.64. The molecule has 1 atom stereocenters. The van der Waals surface area contributed by atoms with Crippen LogP contribution in [0.15, 0.2) is 34.9 Å². The topological polar surface area (TPSA) is 93.4 Å². The number of aryl methyl sites for hydroxylation is 2. The van der Waals surface area contributed by atoms with Crippen LogP contribution in [0.2, 0.25) is 0 Å². The average molecular weight is 349 g/mol. The number of amides is 1. The van der Waals surface area contributed by atoms with E-state index in [9.17, 15) is 13.2 Å². The van der Waals surface area contributed by atoms with Gasteiger partial charge in [0.1, 0.15) is 0 Å². The van der Waals surface area contributed by atoms with Crippen LogP contribution in [-0.2, 0) is 27.7 Å². The number of hydrogen-bond donors (Lipinski definition) is 0. The van der Waals surface area contributed by atoms with Gasteiger partial charge < -0.3 is 4.52 Å². The van der Waals surface area contributed by atoms with Crippen molar-refractivity contribution in [2.45, 2.75) is 38.6 Å². The molecule has 1 fully saturated rings. The Labute approximate surface area is 140 Å². The van der Waals surface area contributed by atoms with Crippen LogP contribution in [0.5, 0.6) is 0 Å². The van der Waals surface area contributed by atoms with Gasteiger partial charge in [0.2, 0.25) is 21.8 Å². The molecule has 8 heteroatoms. The number of benzene rings is 1. The maximum absolute atomic E-state index is 12.6. The van der Waals surface area contributed by atoms with Crippen molar-refractivity contribution < 1.29 is 17.7 Å². The van der Waals surface area contributed by atoms with E-state index >= 15 is 0 Å². The van der Waals surface area contributed by atoms with E-state index in [-0.39, 0.29) is 18.6 Å². The first kappa shape index (κ1) is 16.6. The number of carbonyl (C=O) groups is 1. The molecule has 0 spiro atoms. The second-order valence-electron chi connectivity index (χ2n) is 5.68. The Balaban J connectivity index is 1.75. The van der Waals surface area contributed by atoms with Gasteiger partial charge in [0.25, 0.3) is 0 Å². The molecule has 1 aromatic heterocycles. The molecule has 0 aliphatic carbocycles. The maximum atomic E-state index is 12.6. The van der Waals surface area contributed by atoms with Crippen LogP contribution in [0, 0.1) is 0 Å². The molecule has 1 aliphatic heterocycles. The third-order valence-electron chi connectivity index (χ3n) is 4.04. The molecule has 1 aliphatic rings. The smallest absolute Gasteiger partial charge is 0.237 e. The van der Waals surface area contributed by atoms with Crippen LogP contribution in [0.1, 0.15) is 43.1 Å². The summed E-state index contributed by atoms with van der Waals surface area (Å²) in [6.07, 6.45) is 1.32. The first-order chi connectivity index (χ1) is 11.5. The van der Waals surface area contributed by atoms with Crippen molar-refractivity contribution in [2.75, 3.05) is 5.75 Å². The number of aromatic nitrogens is 2. The van der Waals surface area contributed by atoms with Crippen LogP contribution in [0.3, 0.4) is 0 Å². The highest BCUT2D eigenvalue weighted by atomic mass is 32.2. The maximum Gasteiger partial charge on any atom is 0.237 e. The zero-order valence-electron chi connectivity index (χ0n) is 13.4. The molecule has 1 aromatic carbocycles. The number of sulfonamides is 1. The van der Waals surface area contributed by atoms with Gasteiger partial charge in [-0.05, 0) is 12.0 Å². The summed E-state index contributed by atoms with van der Waals surface area (Å²) in [4.78, 5) is 16.7. The van der Waals surface area contributed by atoms with Gasteiger partial charge in [-0.15, -0.1) is 0 Å². The Morgan fingerprint density at radius 2 is 2.08 bits per heavy atom. The first-order valence-electron chi connectivity index (χ1n) is 7.92. The average Bonchev–Trinajstić information content (AvgIpc) is 3.17. The highest BCUT2D eigenvalue weighted by molar-refractivity contribution is 7.89. The highest BCUT2D eigenvalue weighted by Gasteiger charge is 2.41. The lowest BCUT2D eigenvalue weighted by atomic mass is 10.0. The monoisotopic (exact) mass is 349 g/mol. The van der Waals surface area contributed by atoms with Crippen molar-refractivity contribution in [3.05, 3.63) is 47.6 Å². The summed E-state index contributed by atoms with van der Waals surface area (Å²) in [5.74, 6) is 0.484. The lowest BCUT2D eigenvalue weighted by Gasteiger charge is -2.23. The zero-order chi connectivity index (χ0) is 17.2. The minimum absolute atomic E-state index is 0.0150. The summed E-state index contributed by atoms with van der Waals surface area (Å²) in [5.41, 5.74) is 0.831. The predicted molar refractivity (Wildman–Crippen MR) is 86.4 cm³/mol. The Morgan fingerprint density at radius 1 is 1.33 bits per heavy atom. The van der Waals surface area contributed by atoms with E-state index in [1.807, 2.05) is 37.3 Å². The number of rotatable bonds is 5. The van der Waals surface area contributed by atoms with E-state index in [4.69, 9.17) is 4.52 Å². The van der Waals surface area contributed by atoms with Gasteiger partial charge in [-0.25, -0.2) is 12.7 Å². The fraction of sp³-hybridized carbons (Fsp3) is 0.438. The molecule has 0 N–H and O–H groups in total. The summed E-state index contributed by atoms with van der Waals surface area (Å²) < 4.78 is 30.7.